The molecule has 0 aliphatic heterocycles. The Hall–Kier alpha value is -2.91. The van der Waals surface area contributed by atoms with Crippen molar-refractivity contribution in [2.24, 2.45) is 0 Å². The van der Waals surface area contributed by atoms with Gasteiger partial charge in [-0.05, 0) is 62.4 Å². The Bertz CT molecular complexity index is 1180. The number of nitrogens with one attached hydrogen (secondary N) is 4. The summed E-state index contributed by atoms with van der Waals surface area (Å²) in [4.78, 5) is 29.2. The number of fused-ring (bicyclic) bond motifs is 1. The third-order valence-electron chi connectivity index (χ3n) is 4.21. The van der Waals surface area contributed by atoms with Crippen molar-refractivity contribution in [1.29, 1.82) is 0 Å². The molecule has 3 rings (SSSR count). The van der Waals surface area contributed by atoms with Crippen molar-refractivity contribution in [3.05, 3.63) is 57.5 Å². The molecule has 3 aromatic rings. The Morgan fingerprint density at radius 2 is 1.73 bits per heavy atom. The fraction of sp³-hybridized carbons (Fsp3) is 0.176. The van der Waals surface area contributed by atoms with Gasteiger partial charge in [-0.15, -0.1) is 0 Å². The van der Waals surface area contributed by atoms with Crippen LogP contribution in [0.4, 0.5) is 5.69 Å². The summed E-state index contributed by atoms with van der Waals surface area (Å²) in [6.07, 6.45) is 0. The maximum atomic E-state index is 12.6. The summed E-state index contributed by atoms with van der Waals surface area (Å²) in [6.45, 7) is 3.44. The maximum absolute atomic E-state index is 12.6. The number of hydrogen-bond acceptors (Lipinski definition) is 4. The van der Waals surface area contributed by atoms with Gasteiger partial charge in [-0.1, -0.05) is 0 Å². The van der Waals surface area contributed by atoms with Gasteiger partial charge in [-0.3, -0.25) is 4.79 Å². The number of hydrogen-bond donors (Lipinski definition) is 4. The number of rotatable bonds is 4. The number of benzene rings is 2. The monoisotopic (exact) mass is 374 g/mol. The van der Waals surface area contributed by atoms with Crippen molar-refractivity contribution in [2.75, 3.05) is 12.4 Å². The molecule has 0 aliphatic rings. The zero-order valence-corrected chi connectivity index (χ0v) is 15.2. The average Bonchev–Trinajstić information content (AvgIpc) is 2.96. The number of aryl methyl sites for hydroxylation is 1. The number of aromatic nitrogens is 2. The lowest BCUT2D eigenvalue weighted by molar-refractivity contribution is 0.102. The van der Waals surface area contributed by atoms with E-state index in [0.29, 0.717) is 27.8 Å². The van der Waals surface area contributed by atoms with Gasteiger partial charge in [0.25, 0.3) is 5.91 Å². The molecule has 26 heavy (non-hydrogen) atoms. The Balaban J connectivity index is 1.97. The molecule has 1 amide bonds. The van der Waals surface area contributed by atoms with E-state index in [-0.39, 0.29) is 16.1 Å². The molecular formula is C17H18N4O4S. The number of imidazole rings is 1. The van der Waals surface area contributed by atoms with Crippen LogP contribution in [0.2, 0.25) is 0 Å². The fourth-order valence-corrected chi connectivity index (χ4v) is 3.73. The quantitative estimate of drug-likeness (QED) is 0.554. The standard InChI is InChI=1S/C17H18N4O4S/c1-9-6-11(7-15(10(9)2)26(24,25)18-3)16(22)19-12-4-5-13-14(8-12)21-17(23)20-13/h4-8,18H,1-3H3,(H,19,22)(H2,20,21,23). The first-order valence-corrected chi connectivity index (χ1v) is 9.28. The highest BCUT2D eigenvalue weighted by Gasteiger charge is 2.19. The van der Waals surface area contributed by atoms with E-state index in [1.165, 1.54) is 13.1 Å². The first-order valence-electron chi connectivity index (χ1n) is 7.79. The van der Waals surface area contributed by atoms with Gasteiger partial charge in [0, 0.05) is 11.3 Å². The number of carbonyl (C=O) groups excluding carboxylic acids is 1. The Labute approximate surface area is 149 Å². The summed E-state index contributed by atoms with van der Waals surface area (Å²) in [5.74, 6) is -0.446. The largest absolute Gasteiger partial charge is 0.323 e. The minimum absolute atomic E-state index is 0.0653. The number of H-pyrrole nitrogens is 2. The van der Waals surface area contributed by atoms with Gasteiger partial charge in [-0.25, -0.2) is 17.9 Å². The molecule has 8 nitrogen and oxygen atoms in total. The molecule has 0 saturated heterocycles. The first kappa shape index (κ1) is 17.9. The van der Waals surface area contributed by atoms with Crippen molar-refractivity contribution < 1.29 is 13.2 Å². The first-order chi connectivity index (χ1) is 12.2. The lowest BCUT2D eigenvalue weighted by Gasteiger charge is -2.12. The molecule has 0 fully saturated rings. The van der Waals surface area contributed by atoms with Crippen LogP contribution >= 0.6 is 0 Å². The summed E-state index contributed by atoms with van der Waals surface area (Å²) in [5, 5.41) is 2.71. The lowest BCUT2D eigenvalue weighted by Crippen LogP contribution is -2.21. The number of amides is 1. The van der Waals surface area contributed by atoms with E-state index in [0.717, 1.165) is 0 Å². The van der Waals surface area contributed by atoms with E-state index in [1.54, 1.807) is 38.1 Å². The maximum Gasteiger partial charge on any atom is 0.323 e. The minimum Gasteiger partial charge on any atom is -0.322 e. The highest BCUT2D eigenvalue weighted by Crippen LogP contribution is 2.22. The SMILES string of the molecule is CNS(=O)(=O)c1cc(C(=O)Nc2ccc3[nH]c(=O)[nH]c3c2)cc(C)c1C. The normalized spacial score (nSPS) is 11.7. The summed E-state index contributed by atoms with van der Waals surface area (Å²) in [7, 11) is -2.36. The van der Waals surface area contributed by atoms with Gasteiger partial charge in [0.2, 0.25) is 10.0 Å². The van der Waals surface area contributed by atoms with Crippen molar-refractivity contribution >= 4 is 32.7 Å². The zero-order chi connectivity index (χ0) is 19.1. The molecule has 2 aromatic carbocycles. The van der Waals surface area contributed by atoms with Gasteiger partial charge in [0.1, 0.15) is 0 Å². The van der Waals surface area contributed by atoms with Gasteiger partial charge < -0.3 is 15.3 Å². The summed E-state index contributed by atoms with van der Waals surface area (Å²) < 4.78 is 26.6. The van der Waals surface area contributed by atoms with E-state index in [2.05, 4.69) is 20.0 Å². The van der Waals surface area contributed by atoms with Crippen molar-refractivity contribution in [1.82, 2.24) is 14.7 Å². The van der Waals surface area contributed by atoms with Crippen LogP contribution in [0.15, 0.2) is 40.0 Å². The van der Waals surface area contributed by atoms with Gasteiger partial charge in [-0.2, -0.15) is 0 Å². The van der Waals surface area contributed by atoms with Crippen molar-refractivity contribution in [3.63, 3.8) is 0 Å². The molecule has 9 heteroatoms. The summed E-state index contributed by atoms with van der Waals surface area (Å²) >= 11 is 0. The van der Waals surface area contributed by atoms with E-state index in [4.69, 9.17) is 0 Å². The van der Waals surface area contributed by atoms with Crippen LogP contribution < -0.4 is 15.7 Å². The van der Waals surface area contributed by atoms with Crippen LogP contribution in [0.5, 0.6) is 0 Å². The van der Waals surface area contributed by atoms with Gasteiger partial charge >= 0.3 is 5.69 Å². The fourth-order valence-electron chi connectivity index (χ4n) is 2.66. The number of sulfonamides is 1. The van der Waals surface area contributed by atoms with Gasteiger partial charge in [0.05, 0.1) is 15.9 Å². The molecule has 0 spiro atoms. The number of aromatic amines is 2. The van der Waals surface area contributed by atoms with Crippen LogP contribution in [0.3, 0.4) is 0 Å². The predicted octanol–water partition coefficient (Wildman–Crippen LogP) is 1.63. The second-order valence-corrected chi connectivity index (χ2v) is 7.77. The molecule has 0 radical (unpaired) electrons. The molecule has 0 atom stereocenters. The second kappa shape index (κ2) is 6.43. The third-order valence-corrected chi connectivity index (χ3v) is 5.75. The van der Waals surface area contributed by atoms with Crippen molar-refractivity contribution in [2.45, 2.75) is 18.7 Å². The zero-order valence-electron chi connectivity index (χ0n) is 14.4. The number of carbonyl (C=O) groups is 1. The van der Waals surface area contributed by atoms with E-state index < -0.39 is 15.9 Å². The third kappa shape index (κ3) is 3.26. The molecule has 0 unspecified atom stereocenters. The van der Waals surface area contributed by atoms with Crippen molar-refractivity contribution in [3.8, 4) is 0 Å². The van der Waals surface area contributed by atoms with Crippen LogP contribution in [0, 0.1) is 13.8 Å². The molecule has 0 aliphatic carbocycles. The molecular weight excluding hydrogens is 356 g/mol. The average molecular weight is 374 g/mol. The Morgan fingerprint density at radius 1 is 1.04 bits per heavy atom. The molecule has 0 saturated carbocycles. The number of anilines is 1. The van der Waals surface area contributed by atoms with Crippen LogP contribution in [0.1, 0.15) is 21.5 Å². The summed E-state index contributed by atoms with van der Waals surface area (Å²) in [5.41, 5.74) is 2.84. The highest BCUT2D eigenvalue weighted by atomic mass is 32.2. The Morgan fingerprint density at radius 3 is 2.42 bits per heavy atom. The summed E-state index contributed by atoms with van der Waals surface area (Å²) in [6, 6.07) is 7.92. The lowest BCUT2D eigenvalue weighted by atomic mass is 10.1. The molecule has 4 N–H and O–H groups in total. The van der Waals surface area contributed by atoms with Crippen LogP contribution in [-0.2, 0) is 10.0 Å². The van der Waals surface area contributed by atoms with E-state index >= 15 is 0 Å². The smallest absolute Gasteiger partial charge is 0.322 e. The van der Waals surface area contributed by atoms with Crippen LogP contribution in [0.25, 0.3) is 11.0 Å². The minimum atomic E-state index is -3.68. The van der Waals surface area contributed by atoms with E-state index in [9.17, 15) is 18.0 Å². The molecule has 1 heterocycles. The van der Waals surface area contributed by atoms with Gasteiger partial charge in [0.15, 0.2) is 0 Å². The molecule has 1 aromatic heterocycles. The highest BCUT2D eigenvalue weighted by molar-refractivity contribution is 7.89. The molecule has 0 bridgehead atoms. The van der Waals surface area contributed by atoms with Crippen LogP contribution in [-0.4, -0.2) is 31.3 Å². The Kier molecular flexibility index (Phi) is 4.43. The molecule has 136 valence electrons. The topological polar surface area (TPSA) is 124 Å². The predicted molar refractivity (Wildman–Crippen MR) is 99.0 cm³/mol. The second-order valence-electron chi connectivity index (χ2n) is 5.92. The van der Waals surface area contributed by atoms with E-state index in [1.807, 2.05) is 0 Å².